The number of fused-ring (bicyclic) bond motifs is 1. The molecule has 4 fully saturated rings. The first-order chi connectivity index (χ1) is 27.5. The molecule has 15 heteroatoms. The molecule has 14 nitrogen and oxygen atoms in total. The van der Waals surface area contributed by atoms with Crippen molar-refractivity contribution in [2.75, 3.05) is 68.8 Å². The van der Waals surface area contributed by atoms with Crippen LogP contribution in [-0.4, -0.2) is 106 Å². The Labute approximate surface area is 329 Å². The third-order valence-electron chi connectivity index (χ3n) is 11.9. The smallest absolute Gasteiger partial charge is 0.234 e. The lowest BCUT2D eigenvalue weighted by atomic mass is 9.91. The van der Waals surface area contributed by atoms with Gasteiger partial charge in [0.15, 0.2) is 5.01 Å². The molecule has 0 saturated carbocycles. The van der Waals surface area contributed by atoms with Gasteiger partial charge in [-0.25, -0.2) is 9.50 Å². The molecular formula is C41H45N11O3S. The van der Waals surface area contributed by atoms with Crippen molar-refractivity contribution in [3.8, 4) is 28.0 Å². The fraction of sp³-hybridized carbons (Fsp3) is 0.463. The van der Waals surface area contributed by atoms with Gasteiger partial charge in [-0.2, -0.15) is 10.4 Å². The van der Waals surface area contributed by atoms with Gasteiger partial charge in [0, 0.05) is 83.4 Å². The Morgan fingerprint density at radius 2 is 1.77 bits per heavy atom. The molecule has 5 aromatic rings. The van der Waals surface area contributed by atoms with Gasteiger partial charge in [0.25, 0.3) is 0 Å². The summed E-state index contributed by atoms with van der Waals surface area (Å²) < 4.78 is 7.52. The predicted octanol–water partition coefficient (Wildman–Crippen LogP) is 4.71. The second-order valence-electron chi connectivity index (χ2n) is 15.5. The number of carbonyl (C=O) groups excluding carboxylic acids is 2. The van der Waals surface area contributed by atoms with Crippen LogP contribution >= 0.6 is 11.3 Å². The number of imide groups is 1. The van der Waals surface area contributed by atoms with Gasteiger partial charge in [-0.3, -0.25) is 24.8 Å². The Balaban J connectivity index is 0.804. The molecule has 0 spiro atoms. The number of hydrogen-bond acceptors (Lipinski definition) is 13. The van der Waals surface area contributed by atoms with Crippen LogP contribution < -0.4 is 15.1 Å². The van der Waals surface area contributed by atoms with E-state index in [9.17, 15) is 14.9 Å². The van der Waals surface area contributed by atoms with Gasteiger partial charge in [0.05, 0.1) is 34.6 Å². The molecule has 0 aliphatic carbocycles. The molecule has 0 bridgehead atoms. The summed E-state index contributed by atoms with van der Waals surface area (Å²) in [7, 11) is 0. The summed E-state index contributed by atoms with van der Waals surface area (Å²) in [4.78, 5) is 40.7. The van der Waals surface area contributed by atoms with Gasteiger partial charge in [-0.1, -0.05) is 17.4 Å². The Morgan fingerprint density at radius 1 is 0.893 bits per heavy atom. The number of aromatic nitrogens is 6. The fourth-order valence-corrected chi connectivity index (χ4v) is 9.49. The first-order valence-electron chi connectivity index (χ1n) is 19.8. The minimum atomic E-state index is -0.304. The Hall–Kier alpha value is -5.30. The monoisotopic (exact) mass is 771 g/mol. The van der Waals surface area contributed by atoms with Crippen molar-refractivity contribution in [1.29, 1.82) is 5.26 Å². The quantitative estimate of drug-likeness (QED) is 0.195. The lowest BCUT2D eigenvalue weighted by Gasteiger charge is -2.39. The Kier molecular flexibility index (Phi) is 10.4. The van der Waals surface area contributed by atoms with Gasteiger partial charge in [0.1, 0.15) is 11.9 Å². The van der Waals surface area contributed by atoms with E-state index in [0.29, 0.717) is 30.2 Å². The number of piperidine rings is 2. The van der Waals surface area contributed by atoms with E-state index >= 15 is 0 Å². The first-order valence-corrected chi connectivity index (χ1v) is 20.6. The van der Waals surface area contributed by atoms with Crippen LogP contribution in [0.1, 0.15) is 61.1 Å². The van der Waals surface area contributed by atoms with Crippen molar-refractivity contribution in [2.24, 2.45) is 11.8 Å². The van der Waals surface area contributed by atoms with E-state index in [0.717, 1.165) is 135 Å². The Morgan fingerprint density at radius 3 is 2.54 bits per heavy atom. The molecular weight excluding hydrogens is 727 g/mol. The maximum Gasteiger partial charge on any atom is 0.234 e. The van der Waals surface area contributed by atoms with E-state index in [-0.39, 0.29) is 17.7 Å². The molecule has 0 radical (unpaired) electrons. The van der Waals surface area contributed by atoms with Crippen molar-refractivity contribution in [2.45, 2.75) is 50.9 Å². The third kappa shape index (κ3) is 7.73. The summed E-state index contributed by atoms with van der Waals surface area (Å²) in [5, 5.41) is 27.5. The number of pyridine rings is 2. The summed E-state index contributed by atoms with van der Waals surface area (Å²) in [6, 6.07) is 14.2. The van der Waals surface area contributed by atoms with Crippen LogP contribution in [0.15, 0.2) is 55.0 Å². The van der Waals surface area contributed by atoms with Crippen molar-refractivity contribution >= 4 is 39.6 Å². The molecule has 9 heterocycles. The second-order valence-corrected chi connectivity index (χ2v) is 16.4. The van der Waals surface area contributed by atoms with Crippen LogP contribution in [0.3, 0.4) is 0 Å². The molecule has 2 amide bonds. The number of hydrogen-bond donors (Lipinski definition) is 1. The Bertz CT molecular complexity index is 2240. The topological polar surface area (TPSA) is 158 Å². The molecule has 288 valence electrons. The highest BCUT2D eigenvalue weighted by Crippen LogP contribution is 2.35. The van der Waals surface area contributed by atoms with Crippen molar-refractivity contribution in [3.05, 3.63) is 71.7 Å². The summed E-state index contributed by atoms with van der Waals surface area (Å²) in [6.07, 6.45) is 11.5. The minimum Gasteiger partial charge on any atom is -0.381 e. The highest BCUT2D eigenvalue weighted by molar-refractivity contribution is 7.18. The van der Waals surface area contributed by atoms with E-state index in [1.165, 1.54) is 5.56 Å². The van der Waals surface area contributed by atoms with Crippen LogP contribution in [0, 0.1) is 23.2 Å². The van der Waals surface area contributed by atoms with Gasteiger partial charge in [-0.15, -0.1) is 10.2 Å². The van der Waals surface area contributed by atoms with Crippen molar-refractivity contribution in [3.63, 3.8) is 0 Å². The van der Waals surface area contributed by atoms with Gasteiger partial charge < -0.3 is 14.5 Å². The van der Waals surface area contributed by atoms with E-state index in [1.807, 2.05) is 41.0 Å². The van der Waals surface area contributed by atoms with Crippen molar-refractivity contribution < 1.29 is 14.3 Å². The SMILES string of the molecule is N#Cc1cnn2c(-c3cc(CC[C@@H]4CCOC4)c(-c4nnc(N5CCN(CC6CCN(c7ccc([C@H]8CCC(=O)NC8=O)cn7)CC6)CC5)s4)cn3)ccc2c1. The zero-order valence-electron chi connectivity index (χ0n) is 31.3. The van der Waals surface area contributed by atoms with Gasteiger partial charge in [0.2, 0.25) is 16.9 Å². The fourth-order valence-electron chi connectivity index (χ4n) is 8.55. The number of anilines is 2. The normalized spacial score (nSPS) is 21.1. The number of nitrogens with one attached hydrogen (secondary N) is 1. The summed E-state index contributed by atoms with van der Waals surface area (Å²) >= 11 is 1.65. The van der Waals surface area contributed by atoms with E-state index in [1.54, 1.807) is 23.7 Å². The largest absolute Gasteiger partial charge is 0.381 e. The molecule has 4 aliphatic rings. The van der Waals surface area contributed by atoms with Crippen LogP contribution in [-0.2, 0) is 20.7 Å². The minimum absolute atomic E-state index is 0.196. The molecule has 4 aliphatic heterocycles. The van der Waals surface area contributed by atoms with Crippen LogP contribution in [0.25, 0.3) is 27.5 Å². The predicted molar refractivity (Wildman–Crippen MR) is 212 cm³/mol. The molecule has 9 rings (SSSR count). The van der Waals surface area contributed by atoms with Crippen molar-refractivity contribution in [1.82, 2.24) is 40.0 Å². The number of rotatable bonds is 10. The van der Waals surface area contributed by atoms with Gasteiger partial charge >= 0.3 is 0 Å². The van der Waals surface area contributed by atoms with Crippen LogP contribution in [0.2, 0.25) is 0 Å². The second kappa shape index (κ2) is 16.0. The zero-order valence-corrected chi connectivity index (χ0v) is 32.2. The summed E-state index contributed by atoms with van der Waals surface area (Å²) in [5.41, 5.74) is 6.22. The molecule has 0 unspecified atom stereocenters. The maximum absolute atomic E-state index is 12.3. The number of piperazine rings is 1. The molecule has 0 aromatic carbocycles. The third-order valence-corrected chi connectivity index (χ3v) is 12.9. The average Bonchev–Trinajstić information content (AvgIpc) is 4.03. The number of nitrogens with zero attached hydrogens (tertiary/aromatic N) is 10. The average molecular weight is 772 g/mol. The van der Waals surface area contributed by atoms with Gasteiger partial charge in [-0.05, 0) is 91.8 Å². The highest BCUT2D eigenvalue weighted by atomic mass is 32.1. The van der Waals surface area contributed by atoms with E-state index < -0.39 is 0 Å². The number of amides is 2. The first kappa shape index (κ1) is 36.3. The molecule has 5 aromatic heterocycles. The number of nitriles is 1. The number of aryl methyl sites for hydroxylation is 1. The zero-order chi connectivity index (χ0) is 38.0. The highest BCUT2D eigenvalue weighted by Gasteiger charge is 2.30. The van der Waals surface area contributed by atoms with Crippen LogP contribution in [0.5, 0.6) is 0 Å². The molecule has 1 N–H and O–H groups in total. The van der Waals surface area contributed by atoms with E-state index in [2.05, 4.69) is 42.3 Å². The molecule has 56 heavy (non-hydrogen) atoms. The molecule has 2 atom stereocenters. The summed E-state index contributed by atoms with van der Waals surface area (Å²) in [5.74, 6) is 1.43. The standard InChI is InChI=1S/C41H45N11O3S/c42-21-29-19-32-4-6-36(52(32)45-22-29)35-20-30(2-1-28-11-18-55-26-28)34(24-43-35)40-47-48-41(56-40)51-16-14-49(15-17-51)25-27-9-12-50(13-10-27)37-7-3-31(23-44-37)33-5-8-38(53)46-39(33)54/h3-4,6-7,19-20,22-24,27-28,33H,1-2,5,8-18,25-26H2,(H,46,53,54)/t28-,33-/m1/s1. The number of ether oxygens (including phenoxy) is 1. The summed E-state index contributed by atoms with van der Waals surface area (Å²) in [6.45, 7) is 8.53. The lowest BCUT2D eigenvalue weighted by molar-refractivity contribution is -0.134. The van der Waals surface area contributed by atoms with Crippen LogP contribution in [0.4, 0.5) is 10.9 Å². The number of carbonyl (C=O) groups is 2. The van der Waals surface area contributed by atoms with E-state index in [4.69, 9.17) is 19.8 Å². The lowest BCUT2D eigenvalue weighted by Crippen LogP contribution is -2.49. The maximum atomic E-state index is 12.3. The molecule has 4 saturated heterocycles.